The van der Waals surface area contributed by atoms with Crippen molar-refractivity contribution in [2.24, 2.45) is 9.94 Å². The highest BCUT2D eigenvalue weighted by atomic mass is 79.9. The van der Waals surface area contributed by atoms with Crippen molar-refractivity contribution in [3.63, 3.8) is 0 Å². The zero-order valence-electron chi connectivity index (χ0n) is 25.3. The third-order valence-electron chi connectivity index (χ3n) is 7.50. The van der Waals surface area contributed by atoms with Gasteiger partial charge < -0.3 is 14.7 Å². The summed E-state index contributed by atoms with van der Waals surface area (Å²) in [5.74, 6) is 2.39. The maximum Gasteiger partial charge on any atom is 0.182 e. The Bertz CT molecular complexity index is 1140. The summed E-state index contributed by atoms with van der Waals surface area (Å²) in [5.41, 5.74) is 2.92. The van der Waals surface area contributed by atoms with Gasteiger partial charge in [0.15, 0.2) is 5.78 Å². The second-order valence-electron chi connectivity index (χ2n) is 13.3. The van der Waals surface area contributed by atoms with Crippen molar-refractivity contribution in [3.05, 3.63) is 58.7 Å². The maximum absolute atomic E-state index is 13.9. The van der Waals surface area contributed by atoms with Gasteiger partial charge in [0.25, 0.3) is 0 Å². The van der Waals surface area contributed by atoms with Crippen LogP contribution < -0.4 is 4.74 Å². The summed E-state index contributed by atoms with van der Waals surface area (Å²) in [5, 5.41) is 11.1. The van der Waals surface area contributed by atoms with E-state index in [1.165, 1.54) is 5.56 Å². The molecule has 1 saturated heterocycles. The molecule has 5 nitrogen and oxygen atoms in total. The number of carbonyl (C=O) groups excluding carboxylic acids is 1. The number of hydrogen-bond donors (Lipinski definition) is 1. The number of benzene rings is 2. The average molecular weight is 600 g/mol. The van der Waals surface area contributed by atoms with E-state index in [1.54, 1.807) is 0 Å². The molecule has 0 saturated carbocycles. The van der Waals surface area contributed by atoms with Gasteiger partial charge in [0.1, 0.15) is 17.3 Å². The number of halogens is 1. The normalized spacial score (nSPS) is 19.3. The third kappa shape index (κ3) is 7.65. The third-order valence-corrected chi connectivity index (χ3v) is 7.87. The lowest BCUT2D eigenvalue weighted by Gasteiger charge is -2.29. The van der Waals surface area contributed by atoms with Crippen molar-refractivity contribution < 1.29 is 14.6 Å². The van der Waals surface area contributed by atoms with Gasteiger partial charge in [-0.1, -0.05) is 67.0 Å². The lowest BCUT2D eigenvalue weighted by Crippen LogP contribution is -2.38. The Morgan fingerprint density at radius 2 is 1.64 bits per heavy atom. The van der Waals surface area contributed by atoms with Gasteiger partial charge in [-0.2, -0.15) is 4.02 Å². The number of likely N-dealkylation sites (tertiary alicyclic amines) is 1. The summed E-state index contributed by atoms with van der Waals surface area (Å²) < 4.78 is 10.4. The summed E-state index contributed by atoms with van der Waals surface area (Å²) >= 11 is 3.40. The fourth-order valence-electron chi connectivity index (χ4n) is 5.54. The lowest BCUT2D eigenvalue weighted by atomic mass is 9.78. The number of amidine groups is 1. The highest BCUT2D eigenvalue weighted by molar-refractivity contribution is 9.08. The molecule has 0 spiro atoms. The van der Waals surface area contributed by atoms with E-state index in [1.807, 2.05) is 38.1 Å². The van der Waals surface area contributed by atoms with Crippen LogP contribution in [0.3, 0.4) is 0 Å². The molecule has 0 amide bonds. The summed E-state index contributed by atoms with van der Waals surface area (Å²) in [4.78, 5) is 16.1. The fourth-order valence-corrected chi connectivity index (χ4v) is 6.03. The number of ether oxygens (including phenoxy) is 1. The molecule has 1 N–H and O–H groups in total. The van der Waals surface area contributed by atoms with Crippen molar-refractivity contribution in [2.75, 3.05) is 6.54 Å². The first-order valence-electron chi connectivity index (χ1n) is 14.3. The van der Waals surface area contributed by atoms with Crippen LogP contribution in [0.1, 0.15) is 109 Å². The number of phenolic OH excluding ortho intramolecular Hbond substituents is 1. The predicted octanol–water partition coefficient (Wildman–Crippen LogP) is 8.40. The SMILES string of the molecule is CCC[C@H]1C[C@H](Cc2ccc(OC(C)C)cc2)/C(=N/Br)N1CC(=O)c1cc(C(C)(C)C)c(O)c(C(C)(C)C)c1. The smallest absolute Gasteiger partial charge is 0.182 e. The van der Waals surface area contributed by atoms with E-state index in [4.69, 9.17) is 4.74 Å². The summed E-state index contributed by atoms with van der Waals surface area (Å²) in [6, 6.07) is 12.4. The molecule has 6 heteroatoms. The molecule has 1 aliphatic heterocycles. The summed E-state index contributed by atoms with van der Waals surface area (Å²) in [7, 11) is 0. The van der Waals surface area contributed by atoms with E-state index in [0.29, 0.717) is 11.3 Å². The molecule has 2 aromatic carbocycles. The fraction of sp³-hybridized carbons (Fsp3) is 0.576. The summed E-state index contributed by atoms with van der Waals surface area (Å²) in [6.45, 7) is 18.9. The van der Waals surface area contributed by atoms with E-state index in [2.05, 4.69) is 85.7 Å². The molecular formula is C33H47BrN2O3. The Balaban J connectivity index is 1.89. The van der Waals surface area contributed by atoms with Gasteiger partial charge in [0, 0.05) is 28.7 Å². The zero-order chi connectivity index (χ0) is 29.1. The lowest BCUT2D eigenvalue weighted by molar-refractivity contribution is 0.0950. The molecule has 2 atom stereocenters. The van der Waals surface area contributed by atoms with E-state index >= 15 is 0 Å². The van der Waals surface area contributed by atoms with E-state index in [0.717, 1.165) is 48.4 Å². The van der Waals surface area contributed by atoms with Crippen LogP contribution in [-0.2, 0) is 17.3 Å². The van der Waals surface area contributed by atoms with Crippen molar-refractivity contribution in [1.82, 2.24) is 4.90 Å². The molecule has 214 valence electrons. The number of carbonyl (C=O) groups is 1. The van der Waals surface area contributed by atoms with Crippen molar-refractivity contribution in [2.45, 2.75) is 111 Å². The number of rotatable bonds is 9. The molecule has 1 aliphatic rings. The monoisotopic (exact) mass is 598 g/mol. The molecule has 0 bridgehead atoms. The molecule has 1 heterocycles. The molecule has 1 fully saturated rings. The van der Waals surface area contributed by atoms with Crippen LogP contribution in [0.25, 0.3) is 0 Å². The molecule has 0 unspecified atom stereocenters. The largest absolute Gasteiger partial charge is 0.507 e. The Kier molecular flexibility index (Phi) is 9.96. The van der Waals surface area contributed by atoms with E-state index in [-0.39, 0.29) is 41.2 Å². The average Bonchev–Trinajstić information content (AvgIpc) is 3.14. The van der Waals surface area contributed by atoms with Crippen LogP contribution in [0.4, 0.5) is 0 Å². The number of hydrogen-bond acceptors (Lipinski definition) is 4. The van der Waals surface area contributed by atoms with Crippen molar-refractivity contribution >= 4 is 27.8 Å². The molecular weight excluding hydrogens is 552 g/mol. The second kappa shape index (κ2) is 12.4. The number of nitrogens with zero attached hydrogens (tertiary/aromatic N) is 2. The van der Waals surface area contributed by atoms with Gasteiger partial charge in [-0.05, 0) is 73.8 Å². The van der Waals surface area contributed by atoms with Crippen LogP contribution >= 0.6 is 16.1 Å². The number of ketones is 1. The summed E-state index contributed by atoms with van der Waals surface area (Å²) in [6.07, 6.45) is 4.02. The quantitative estimate of drug-likeness (QED) is 0.294. The van der Waals surface area contributed by atoms with Gasteiger partial charge >= 0.3 is 0 Å². The first-order valence-corrected chi connectivity index (χ1v) is 15.0. The minimum absolute atomic E-state index is 0.0524. The predicted molar refractivity (Wildman–Crippen MR) is 166 cm³/mol. The van der Waals surface area contributed by atoms with Gasteiger partial charge in [-0.15, -0.1) is 0 Å². The second-order valence-corrected chi connectivity index (χ2v) is 13.7. The number of phenols is 1. The molecule has 2 aromatic rings. The number of Topliss-reactive ketones (excluding diaryl/α,β-unsaturated/α-hetero) is 1. The minimum Gasteiger partial charge on any atom is -0.507 e. The molecule has 0 aromatic heterocycles. The first kappa shape index (κ1) is 31.2. The van der Waals surface area contributed by atoms with Gasteiger partial charge in [0.05, 0.1) is 28.8 Å². The van der Waals surface area contributed by atoms with Crippen LogP contribution in [0.5, 0.6) is 11.5 Å². The minimum atomic E-state index is -0.290. The Labute approximate surface area is 244 Å². The molecule has 3 rings (SSSR count). The van der Waals surface area contributed by atoms with E-state index < -0.39 is 0 Å². The van der Waals surface area contributed by atoms with E-state index in [9.17, 15) is 9.90 Å². The van der Waals surface area contributed by atoms with Crippen LogP contribution in [0.2, 0.25) is 0 Å². The Morgan fingerprint density at radius 1 is 1.08 bits per heavy atom. The van der Waals surface area contributed by atoms with Crippen LogP contribution in [0.15, 0.2) is 40.4 Å². The van der Waals surface area contributed by atoms with Gasteiger partial charge in [-0.3, -0.25) is 4.79 Å². The zero-order valence-corrected chi connectivity index (χ0v) is 26.9. The molecule has 0 aliphatic carbocycles. The van der Waals surface area contributed by atoms with Crippen molar-refractivity contribution in [1.29, 1.82) is 0 Å². The van der Waals surface area contributed by atoms with Crippen molar-refractivity contribution in [3.8, 4) is 11.5 Å². The molecule has 0 radical (unpaired) electrons. The van der Waals surface area contributed by atoms with Crippen LogP contribution in [0, 0.1) is 5.92 Å². The highest BCUT2D eigenvalue weighted by Gasteiger charge is 2.38. The maximum atomic E-state index is 13.9. The van der Waals surface area contributed by atoms with Gasteiger partial charge in [-0.25, -0.2) is 0 Å². The Morgan fingerprint density at radius 3 is 2.10 bits per heavy atom. The van der Waals surface area contributed by atoms with Crippen LogP contribution in [-0.4, -0.2) is 40.3 Å². The number of aromatic hydroxyl groups is 1. The highest BCUT2D eigenvalue weighted by Crippen LogP contribution is 2.40. The molecule has 39 heavy (non-hydrogen) atoms. The Hall–Kier alpha value is -2.34. The first-order chi connectivity index (χ1) is 18.1. The van der Waals surface area contributed by atoms with Gasteiger partial charge in [0.2, 0.25) is 0 Å². The standard InChI is InChI=1S/C33H47BrN2O3/c1-10-11-25-17-24(16-22-12-14-26(15-13-22)39-21(2)3)31(35-34)36(25)20-29(37)23-18-27(32(4,5)6)30(38)28(19-23)33(7,8)9/h12-15,18-19,21,24-25,38H,10-11,16-17,20H2,1-9H3/b35-31-/t24-,25-/m0/s1. The topological polar surface area (TPSA) is 62.1 Å².